The van der Waals surface area contributed by atoms with Crippen molar-refractivity contribution in [3.8, 4) is 0 Å². The molecule has 0 bridgehead atoms. The van der Waals surface area contributed by atoms with Crippen LogP contribution < -0.4 is 5.32 Å². The Morgan fingerprint density at radius 1 is 1.36 bits per heavy atom. The fraction of sp³-hybridized carbons (Fsp3) is 0.222. The summed E-state index contributed by atoms with van der Waals surface area (Å²) < 4.78 is 1.16. The number of hydrogen-bond acceptors (Lipinski definition) is 1. The molecule has 1 nitrogen and oxygen atoms in total. The molecule has 11 heavy (non-hydrogen) atoms. The third kappa shape index (κ3) is 2.53. The molecule has 0 heterocycles. The van der Waals surface area contributed by atoms with Gasteiger partial charge in [0.05, 0.1) is 0 Å². The number of hydrogen-bond donors (Lipinski definition) is 1. The number of para-hydroxylation sites is 1. The van der Waals surface area contributed by atoms with Crippen LogP contribution in [-0.4, -0.2) is 4.35 Å². The summed E-state index contributed by atoms with van der Waals surface area (Å²) >= 11 is 2.49. The molecule has 0 aromatic heterocycles. The summed E-state index contributed by atoms with van der Waals surface area (Å²) in [5.74, 6) is 0. The van der Waals surface area contributed by atoms with Gasteiger partial charge < -0.3 is 0 Å². The second-order valence-electron chi connectivity index (χ2n) is 2.53. The summed E-state index contributed by atoms with van der Waals surface area (Å²) in [6.45, 7) is 4.13. The first-order valence-corrected chi connectivity index (χ1v) is 4.25. The van der Waals surface area contributed by atoms with Crippen LogP contribution in [0.2, 0.25) is 0 Å². The maximum atomic E-state index is 3.26. The Bertz CT molecular complexity index is 268. The fourth-order valence-electron chi connectivity index (χ4n) is 0.908. The number of benzene rings is 1. The molecule has 0 amide bonds. The zero-order valence-corrected chi connectivity index (χ0v) is 8.15. The van der Waals surface area contributed by atoms with Gasteiger partial charge in [-0.15, -0.1) is 0 Å². The summed E-state index contributed by atoms with van der Waals surface area (Å²) in [6, 6.07) is 8.25. The van der Waals surface area contributed by atoms with Crippen LogP contribution in [0.1, 0.15) is 12.5 Å². The van der Waals surface area contributed by atoms with Crippen LogP contribution in [0.15, 0.2) is 24.3 Å². The van der Waals surface area contributed by atoms with Gasteiger partial charge in [0.2, 0.25) is 0 Å². The molecule has 0 aliphatic heterocycles. The molecule has 0 radical (unpaired) electrons. The molecule has 0 saturated heterocycles. The maximum absolute atomic E-state index is 3.26. The first kappa shape index (κ1) is 8.57. The third-order valence-electron chi connectivity index (χ3n) is 1.46. The van der Waals surface area contributed by atoms with Gasteiger partial charge in [-0.05, 0) is 0 Å². The molecule has 2 heteroatoms. The van der Waals surface area contributed by atoms with E-state index in [2.05, 4.69) is 41.4 Å². The zero-order valence-electron chi connectivity index (χ0n) is 6.76. The molecule has 57 valence electrons. The normalized spacial score (nSPS) is 9.18. The summed E-state index contributed by atoms with van der Waals surface area (Å²) in [4.78, 5) is 0. The van der Waals surface area contributed by atoms with Gasteiger partial charge in [-0.2, -0.15) is 0 Å². The molecule has 1 aromatic rings. The molecule has 0 unspecified atom stereocenters. The average Bonchev–Trinajstić information content (AvgIpc) is 1.93. The van der Waals surface area contributed by atoms with Crippen molar-refractivity contribution < 1.29 is 17.0 Å². The van der Waals surface area contributed by atoms with Crippen LogP contribution in [0.5, 0.6) is 0 Å². The zero-order chi connectivity index (χ0) is 8.27. The Balaban J connectivity index is 2.86. The van der Waals surface area contributed by atoms with Gasteiger partial charge in [0.1, 0.15) is 0 Å². The number of anilines is 1. The van der Waals surface area contributed by atoms with E-state index in [1.54, 1.807) is 0 Å². The van der Waals surface area contributed by atoms with Crippen molar-refractivity contribution in [2.75, 3.05) is 5.32 Å². The van der Waals surface area contributed by atoms with E-state index >= 15 is 0 Å². The van der Waals surface area contributed by atoms with Crippen LogP contribution in [0.3, 0.4) is 0 Å². The molecule has 0 saturated carbocycles. The van der Waals surface area contributed by atoms with E-state index in [-0.39, 0.29) is 0 Å². The quantitative estimate of drug-likeness (QED) is 0.742. The van der Waals surface area contributed by atoms with E-state index in [9.17, 15) is 0 Å². The van der Waals surface area contributed by atoms with Crippen LogP contribution in [0, 0.1) is 6.92 Å². The first-order chi connectivity index (χ1) is 5.20. The van der Waals surface area contributed by atoms with E-state index < -0.39 is 0 Å². The second kappa shape index (κ2) is 3.75. The molecular formula is C9H11NV. The van der Waals surface area contributed by atoms with E-state index in [4.69, 9.17) is 0 Å². The van der Waals surface area contributed by atoms with Crippen LogP contribution >= 0.6 is 0 Å². The molecule has 1 N–H and O–H groups in total. The average molecular weight is 184 g/mol. The summed E-state index contributed by atoms with van der Waals surface area (Å²) in [6.07, 6.45) is 0. The molecule has 0 spiro atoms. The minimum absolute atomic E-state index is 1.16. The van der Waals surface area contributed by atoms with E-state index in [1.807, 2.05) is 19.1 Å². The van der Waals surface area contributed by atoms with Gasteiger partial charge >= 0.3 is 76.0 Å². The van der Waals surface area contributed by atoms with Crippen molar-refractivity contribution in [2.45, 2.75) is 13.8 Å². The number of nitrogens with one attached hydrogen (secondary N) is 1. The summed E-state index contributed by atoms with van der Waals surface area (Å²) in [5.41, 5.74) is 2.46. The molecular weight excluding hydrogens is 173 g/mol. The van der Waals surface area contributed by atoms with Crippen molar-refractivity contribution in [1.82, 2.24) is 0 Å². The predicted octanol–water partition coefficient (Wildman–Crippen LogP) is 2.10. The topological polar surface area (TPSA) is 12.0 Å². The summed E-state index contributed by atoms with van der Waals surface area (Å²) in [5, 5.41) is 3.26. The Labute approximate surface area is 76.3 Å². The fourth-order valence-corrected chi connectivity index (χ4v) is 1.10. The first-order valence-electron chi connectivity index (χ1n) is 3.55. The molecule has 0 fully saturated rings. The Morgan fingerprint density at radius 3 is 2.55 bits per heavy atom. The second-order valence-corrected chi connectivity index (χ2v) is 3.57. The summed E-state index contributed by atoms with van der Waals surface area (Å²) in [7, 11) is 0. The molecule has 0 aliphatic carbocycles. The van der Waals surface area contributed by atoms with E-state index in [1.165, 1.54) is 11.3 Å². The number of rotatable bonds is 2. The molecule has 0 aliphatic rings. The molecule has 1 rings (SSSR count). The van der Waals surface area contributed by atoms with Gasteiger partial charge in [0.25, 0.3) is 0 Å². The van der Waals surface area contributed by atoms with Crippen LogP contribution in [0.4, 0.5) is 5.69 Å². The Morgan fingerprint density at radius 2 is 2.00 bits per heavy atom. The molecule has 0 atom stereocenters. The van der Waals surface area contributed by atoms with Crippen molar-refractivity contribution in [1.29, 1.82) is 0 Å². The monoisotopic (exact) mass is 184 g/mol. The van der Waals surface area contributed by atoms with Gasteiger partial charge in [-0.3, -0.25) is 0 Å². The van der Waals surface area contributed by atoms with Crippen molar-refractivity contribution in [3.05, 3.63) is 29.8 Å². The van der Waals surface area contributed by atoms with Crippen molar-refractivity contribution in [3.63, 3.8) is 0 Å². The van der Waals surface area contributed by atoms with E-state index in [0.717, 1.165) is 4.35 Å². The van der Waals surface area contributed by atoms with Crippen LogP contribution in [0.25, 0.3) is 0 Å². The molecule has 1 aromatic carbocycles. The van der Waals surface area contributed by atoms with Crippen LogP contribution in [-0.2, 0) is 17.0 Å². The van der Waals surface area contributed by atoms with E-state index in [0.29, 0.717) is 0 Å². The van der Waals surface area contributed by atoms with Gasteiger partial charge in [0, 0.05) is 0 Å². The Kier molecular flexibility index (Phi) is 2.92. The van der Waals surface area contributed by atoms with Gasteiger partial charge in [-0.25, -0.2) is 0 Å². The van der Waals surface area contributed by atoms with Gasteiger partial charge in [0.15, 0.2) is 0 Å². The third-order valence-corrected chi connectivity index (χ3v) is 1.64. The Hall–Kier alpha value is -0.526. The van der Waals surface area contributed by atoms with Gasteiger partial charge in [-0.1, -0.05) is 0 Å². The minimum atomic E-state index is 1.16. The number of aryl methyl sites for hydroxylation is 1. The van der Waals surface area contributed by atoms with Crippen molar-refractivity contribution in [2.24, 2.45) is 0 Å². The predicted molar refractivity (Wildman–Crippen MR) is 45.5 cm³/mol. The van der Waals surface area contributed by atoms with Crippen molar-refractivity contribution >= 4 is 10.0 Å². The standard InChI is InChI=1S/C9H11N.V/c1-3-10-9-7-5-4-6-8(9)2;/h4-7,10H,1-2H3;. The SMILES string of the molecule is C[C](=[V])Nc1ccccc1C.